The molecule has 1 aromatic carbocycles. The van der Waals surface area contributed by atoms with Crippen LogP contribution in [0.25, 0.3) is 0 Å². The van der Waals surface area contributed by atoms with E-state index in [4.69, 9.17) is 11.0 Å². The maximum Gasteiger partial charge on any atom is 0.227 e. The molecule has 24 heavy (non-hydrogen) atoms. The summed E-state index contributed by atoms with van der Waals surface area (Å²) < 4.78 is 0. The van der Waals surface area contributed by atoms with Crippen molar-refractivity contribution in [1.82, 2.24) is 9.80 Å². The van der Waals surface area contributed by atoms with Crippen LogP contribution in [0.4, 0.5) is 0 Å². The van der Waals surface area contributed by atoms with E-state index >= 15 is 0 Å². The number of carbonyl (C=O) groups excluding carboxylic acids is 2. The van der Waals surface area contributed by atoms with Crippen molar-refractivity contribution in [2.24, 2.45) is 11.1 Å². The third-order valence-electron chi connectivity index (χ3n) is 4.27. The first-order chi connectivity index (χ1) is 11.3. The van der Waals surface area contributed by atoms with Crippen molar-refractivity contribution in [2.75, 3.05) is 26.2 Å². The Morgan fingerprint density at radius 2 is 1.96 bits per heavy atom. The fourth-order valence-corrected chi connectivity index (χ4v) is 2.59. The van der Waals surface area contributed by atoms with E-state index < -0.39 is 11.3 Å². The number of nitriles is 1. The third-order valence-corrected chi connectivity index (χ3v) is 4.27. The molecule has 0 spiro atoms. The van der Waals surface area contributed by atoms with Gasteiger partial charge in [-0.05, 0) is 17.7 Å². The van der Waals surface area contributed by atoms with E-state index in [0.717, 1.165) is 25.2 Å². The molecule has 2 N–H and O–H groups in total. The van der Waals surface area contributed by atoms with Crippen LogP contribution in [-0.4, -0.2) is 47.8 Å². The Morgan fingerprint density at radius 1 is 1.29 bits per heavy atom. The molecule has 1 aliphatic heterocycles. The second-order valence-electron chi connectivity index (χ2n) is 6.64. The first kappa shape index (κ1) is 18.0. The zero-order valence-corrected chi connectivity index (χ0v) is 14.2. The summed E-state index contributed by atoms with van der Waals surface area (Å²) in [7, 11) is 0. The lowest BCUT2D eigenvalue weighted by atomic mass is 9.88. The van der Waals surface area contributed by atoms with Gasteiger partial charge in [0.05, 0.1) is 23.5 Å². The van der Waals surface area contributed by atoms with E-state index in [1.165, 1.54) is 6.42 Å². The van der Waals surface area contributed by atoms with Crippen LogP contribution in [0, 0.1) is 23.2 Å². The number of carbonyl (C=O) groups is 2. The number of benzene rings is 1. The smallest absolute Gasteiger partial charge is 0.227 e. The fraction of sp³-hybridized carbons (Fsp3) is 0.444. The Bertz CT molecular complexity index is 655. The largest absolute Gasteiger partial charge is 0.369 e. The van der Waals surface area contributed by atoms with Crippen molar-refractivity contribution in [1.29, 1.82) is 5.26 Å². The third kappa shape index (κ3) is 4.56. The van der Waals surface area contributed by atoms with Crippen molar-refractivity contribution in [3.8, 4) is 6.07 Å². The van der Waals surface area contributed by atoms with Gasteiger partial charge in [-0.1, -0.05) is 26.0 Å². The van der Waals surface area contributed by atoms with Crippen LogP contribution < -0.4 is 5.73 Å². The monoisotopic (exact) mass is 327 g/mol. The minimum absolute atomic E-state index is 0.148. The molecule has 6 heteroatoms. The molecule has 0 bridgehead atoms. The number of piperazine rings is 1. The highest BCUT2D eigenvalue weighted by Crippen LogP contribution is 2.20. The number of hydrogen-bond donors (Lipinski definition) is 1. The number of hydrogen-bond acceptors (Lipinski definition) is 4. The molecule has 127 valence electrons. The maximum atomic E-state index is 12.3. The van der Waals surface area contributed by atoms with Crippen molar-refractivity contribution in [3.05, 3.63) is 41.8 Å². The van der Waals surface area contributed by atoms with Crippen LogP contribution in [0.2, 0.25) is 0 Å². The van der Waals surface area contributed by atoms with Crippen molar-refractivity contribution in [3.63, 3.8) is 0 Å². The summed E-state index contributed by atoms with van der Waals surface area (Å²) in [5.41, 5.74) is 6.12. The van der Waals surface area contributed by atoms with Gasteiger partial charge >= 0.3 is 0 Å². The van der Waals surface area contributed by atoms with E-state index in [-0.39, 0.29) is 5.91 Å². The first-order valence-corrected chi connectivity index (χ1v) is 7.98. The van der Waals surface area contributed by atoms with Gasteiger partial charge in [0.2, 0.25) is 11.8 Å². The van der Waals surface area contributed by atoms with Gasteiger partial charge in [-0.25, -0.2) is 0 Å². The van der Waals surface area contributed by atoms with Crippen molar-refractivity contribution >= 4 is 11.8 Å². The van der Waals surface area contributed by atoms with Gasteiger partial charge in [0.15, 0.2) is 0 Å². The number of primary amides is 1. The van der Waals surface area contributed by atoms with E-state index in [1.54, 1.807) is 24.8 Å². The second-order valence-corrected chi connectivity index (χ2v) is 6.64. The van der Waals surface area contributed by atoms with Crippen molar-refractivity contribution < 1.29 is 9.59 Å². The number of rotatable bonds is 5. The van der Waals surface area contributed by atoms with Gasteiger partial charge in [0, 0.05) is 32.7 Å². The number of nitrogens with two attached hydrogens (primary N) is 1. The van der Waals surface area contributed by atoms with Gasteiger partial charge in [0.1, 0.15) is 0 Å². The molecule has 0 unspecified atom stereocenters. The predicted molar refractivity (Wildman–Crippen MR) is 90.3 cm³/mol. The average molecular weight is 327 g/mol. The summed E-state index contributed by atoms with van der Waals surface area (Å²) in [5.74, 6) is -0.656. The molecule has 0 aromatic heterocycles. The Balaban J connectivity index is 1.86. The van der Waals surface area contributed by atoms with Crippen LogP contribution in [0.3, 0.4) is 0 Å². The van der Waals surface area contributed by atoms with Gasteiger partial charge in [-0.2, -0.15) is 5.26 Å². The highest BCUT2D eigenvalue weighted by atomic mass is 16.2. The molecule has 2 amide bonds. The Kier molecular flexibility index (Phi) is 5.58. The summed E-state index contributed by atoms with van der Waals surface area (Å²) in [6.07, 6.45) is 1.40. The lowest BCUT2D eigenvalue weighted by molar-refractivity contribution is -0.134. The second kappa shape index (κ2) is 7.45. The summed E-state index contributed by atoms with van der Waals surface area (Å²) >= 11 is 0. The molecular weight excluding hydrogens is 304 g/mol. The number of amides is 2. The molecule has 0 atom stereocenters. The van der Waals surface area contributed by atoms with Crippen LogP contribution in [0.15, 0.2) is 24.3 Å². The van der Waals surface area contributed by atoms with Gasteiger partial charge in [-0.15, -0.1) is 0 Å². The lowest BCUT2D eigenvalue weighted by Gasteiger charge is -2.36. The molecule has 1 aliphatic rings. The number of nitrogens with zero attached hydrogens (tertiary/aromatic N) is 3. The van der Waals surface area contributed by atoms with E-state index in [1.807, 2.05) is 18.2 Å². The van der Waals surface area contributed by atoms with Gasteiger partial charge in [-0.3, -0.25) is 14.5 Å². The highest BCUT2D eigenvalue weighted by molar-refractivity contribution is 5.94. The zero-order chi connectivity index (χ0) is 17.7. The standard InChI is InChI=1S/C18H23N4O2/c1-18(2,17(20)24)11-16(23)22-8-6-21(7-9-22)13-15-5-3-4-14(10-15)12-19/h3-5,10-11H,6-9,13H2,1-2H3,(H2,20,24). The van der Waals surface area contributed by atoms with Crippen molar-refractivity contribution in [2.45, 2.75) is 20.4 Å². The average Bonchev–Trinajstić information content (AvgIpc) is 2.55. The first-order valence-electron chi connectivity index (χ1n) is 7.98. The van der Waals surface area contributed by atoms with Crippen LogP contribution in [0.1, 0.15) is 25.0 Å². The van der Waals surface area contributed by atoms with E-state index in [9.17, 15) is 9.59 Å². The summed E-state index contributed by atoms with van der Waals surface area (Å²) in [6, 6.07) is 9.71. The van der Waals surface area contributed by atoms with Gasteiger partial charge < -0.3 is 10.6 Å². The molecule has 0 aliphatic carbocycles. The predicted octanol–water partition coefficient (Wildman–Crippen LogP) is 0.918. The fourth-order valence-electron chi connectivity index (χ4n) is 2.59. The molecule has 2 rings (SSSR count). The van der Waals surface area contributed by atoms with E-state index in [0.29, 0.717) is 18.7 Å². The Hall–Kier alpha value is -2.39. The zero-order valence-electron chi connectivity index (χ0n) is 14.2. The molecule has 0 saturated carbocycles. The molecule has 1 fully saturated rings. The van der Waals surface area contributed by atoms with Crippen LogP contribution >= 0.6 is 0 Å². The quantitative estimate of drug-likeness (QED) is 0.870. The molecule has 1 heterocycles. The Morgan fingerprint density at radius 3 is 2.54 bits per heavy atom. The molecular formula is C18H23N4O2. The van der Waals surface area contributed by atoms with Gasteiger partial charge in [0.25, 0.3) is 0 Å². The summed E-state index contributed by atoms with van der Waals surface area (Å²) in [6.45, 7) is 6.79. The molecule has 6 nitrogen and oxygen atoms in total. The molecule has 1 radical (unpaired) electrons. The summed E-state index contributed by atoms with van der Waals surface area (Å²) in [4.78, 5) is 27.6. The minimum atomic E-state index is -0.939. The molecule has 1 saturated heterocycles. The Labute approximate surface area is 142 Å². The molecule has 1 aromatic rings. The normalized spacial score (nSPS) is 15.8. The topological polar surface area (TPSA) is 90.4 Å². The maximum absolute atomic E-state index is 12.3. The van der Waals surface area contributed by atoms with Crippen LogP contribution in [0.5, 0.6) is 0 Å². The van der Waals surface area contributed by atoms with E-state index in [2.05, 4.69) is 11.0 Å². The van der Waals surface area contributed by atoms with Crippen LogP contribution in [-0.2, 0) is 16.1 Å². The summed E-state index contributed by atoms with van der Waals surface area (Å²) in [5, 5.41) is 8.95. The lowest BCUT2D eigenvalue weighted by Crippen LogP contribution is -2.50. The minimum Gasteiger partial charge on any atom is -0.369 e. The SMILES string of the molecule is CC(C)([CH]C(=O)N1CCN(Cc2cccc(C#N)c2)CC1)C(N)=O. The highest BCUT2D eigenvalue weighted by Gasteiger charge is 2.32.